The van der Waals surface area contributed by atoms with Crippen molar-refractivity contribution in [2.45, 2.75) is 30.8 Å². The van der Waals surface area contributed by atoms with Crippen LogP contribution in [-0.2, 0) is 4.79 Å². The normalized spacial score (nSPS) is 27.1. The summed E-state index contributed by atoms with van der Waals surface area (Å²) in [4.78, 5) is 17.3. The summed E-state index contributed by atoms with van der Waals surface area (Å²) < 4.78 is 0. The summed E-state index contributed by atoms with van der Waals surface area (Å²) in [6.45, 7) is 2.31. The van der Waals surface area contributed by atoms with Crippen molar-refractivity contribution in [2.24, 2.45) is 5.73 Å². The van der Waals surface area contributed by atoms with E-state index >= 15 is 0 Å². The molecule has 0 aromatic heterocycles. The Morgan fingerprint density at radius 2 is 1.73 bits per heavy atom. The Morgan fingerprint density at radius 1 is 1.00 bits per heavy atom. The van der Waals surface area contributed by atoms with Gasteiger partial charge in [0.15, 0.2) is 0 Å². The third kappa shape index (κ3) is 3.25. The van der Waals surface area contributed by atoms with Gasteiger partial charge in [0.25, 0.3) is 0 Å². The number of nitrogens with two attached hydrogens (primary N) is 1. The van der Waals surface area contributed by atoms with E-state index in [1.807, 2.05) is 35.2 Å². The molecule has 2 N–H and O–H groups in total. The Labute approximate surface area is 159 Å². The Bertz CT molecular complexity index is 782. The maximum Gasteiger partial charge on any atom is 0.244 e. The SMILES string of the molecule is N[C@@H]1CN(C2CCCN(c3ccccc3Cl)C2=O)C[C@H]1c1ccccc1. The predicted molar refractivity (Wildman–Crippen MR) is 106 cm³/mol. The van der Waals surface area contributed by atoms with E-state index in [2.05, 4.69) is 29.2 Å². The van der Waals surface area contributed by atoms with E-state index in [1.54, 1.807) is 0 Å². The second kappa shape index (κ2) is 7.39. The molecule has 2 aliphatic rings. The van der Waals surface area contributed by atoms with Gasteiger partial charge in [0.2, 0.25) is 5.91 Å². The zero-order chi connectivity index (χ0) is 18.1. The molecule has 1 amide bonds. The van der Waals surface area contributed by atoms with Crippen molar-refractivity contribution in [1.82, 2.24) is 4.90 Å². The summed E-state index contributed by atoms with van der Waals surface area (Å²) in [7, 11) is 0. The average Bonchev–Trinajstić information content (AvgIpc) is 3.05. The zero-order valence-electron chi connectivity index (χ0n) is 14.7. The number of benzene rings is 2. The minimum Gasteiger partial charge on any atom is -0.326 e. The van der Waals surface area contributed by atoms with E-state index in [0.717, 1.165) is 38.2 Å². The molecule has 2 heterocycles. The molecule has 4 nitrogen and oxygen atoms in total. The van der Waals surface area contributed by atoms with Crippen LogP contribution in [-0.4, -0.2) is 42.5 Å². The number of hydrogen-bond acceptors (Lipinski definition) is 3. The lowest BCUT2D eigenvalue weighted by Crippen LogP contribution is -2.52. The molecule has 2 fully saturated rings. The first kappa shape index (κ1) is 17.5. The molecule has 0 radical (unpaired) electrons. The van der Waals surface area contributed by atoms with Crippen LogP contribution in [0.1, 0.15) is 24.3 Å². The van der Waals surface area contributed by atoms with Gasteiger partial charge in [0, 0.05) is 31.6 Å². The molecule has 2 saturated heterocycles. The Kier molecular flexibility index (Phi) is 4.98. The van der Waals surface area contributed by atoms with Crippen molar-refractivity contribution in [2.75, 3.05) is 24.5 Å². The topological polar surface area (TPSA) is 49.6 Å². The number of nitrogens with zero attached hydrogens (tertiary/aromatic N) is 2. The molecule has 1 unspecified atom stereocenters. The number of piperidine rings is 1. The molecular formula is C21H24ClN3O. The van der Waals surface area contributed by atoms with Crippen LogP contribution in [0.4, 0.5) is 5.69 Å². The van der Waals surface area contributed by atoms with Gasteiger partial charge >= 0.3 is 0 Å². The van der Waals surface area contributed by atoms with Crippen LogP contribution in [0, 0.1) is 0 Å². The van der Waals surface area contributed by atoms with Crippen molar-refractivity contribution in [1.29, 1.82) is 0 Å². The molecule has 5 heteroatoms. The Balaban J connectivity index is 1.53. The fourth-order valence-electron chi connectivity index (χ4n) is 4.27. The van der Waals surface area contributed by atoms with E-state index < -0.39 is 0 Å². The van der Waals surface area contributed by atoms with Crippen LogP contribution in [0.25, 0.3) is 0 Å². The smallest absolute Gasteiger partial charge is 0.244 e. The van der Waals surface area contributed by atoms with Crippen LogP contribution >= 0.6 is 11.6 Å². The minimum absolute atomic E-state index is 0.0564. The van der Waals surface area contributed by atoms with E-state index in [-0.39, 0.29) is 23.9 Å². The fraction of sp³-hybridized carbons (Fsp3) is 0.381. The monoisotopic (exact) mass is 369 g/mol. The zero-order valence-corrected chi connectivity index (χ0v) is 15.5. The first-order valence-electron chi connectivity index (χ1n) is 9.25. The van der Waals surface area contributed by atoms with Gasteiger partial charge in [0.05, 0.1) is 16.8 Å². The van der Waals surface area contributed by atoms with Crippen molar-refractivity contribution >= 4 is 23.2 Å². The molecule has 2 aromatic carbocycles. The number of para-hydroxylation sites is 1. The van der Waals surface area contributed by atoms with Crippen LogP contribution in [0.15, 0.2) is 54.6 Å². The fourth-order valence-corrected chi connectivity index (χ4v) is 4.51. The number of anilines is 1. The highest BCUT2D eigenvalue weighted by atomic mass is 35.5. The quantitative estimate of drug-likeness (QED) is 0.903. The lowest BCUT2D eigenvalue weighted by molar-refractivity contribution is -0.125. The van der Waals surface area contributed by atoms with Crippen molar-refractivity contribution in [3.63, 3.8) is 0 Å². The van der Waals surface area contributed by atoms with Gasteiger partial charge in [-0.25, -0.2) is 0 Å². The molecule has 2 aromatic rings. The number of halogens is 1. The third-order valence-electron chi connectivity index (χ3n) is 5.62. The molecule has 0 saturated carbocycles. The number of rotatable bonds is 3. The van der Waals surface area contributed by atoms with Gasteiger partial charge < -0.3 is 10.6 Å². The highest BCUT2D eigenvalue weighted by Crippen LogP contribution is 2.33. The first-order chi connectivity index (χ1) is 12.6. The van der Waals surface area contributed by atoms with Gasteiger partial charge in [-0.3, -0.25) is 9.69 Å². The summed E-state index contributed by atoms with van der Waals surface area (Å²) in [5.74, 6) is 0.421. The third-order valence-corrected chi connectivity index (χ3v) is 5.94. The number of likely N-dealkylation sites (tertiary alicyclic amines) is 1. The summed E-state index contributed by atoms with van der Waals surface area (Å²) in [5.41, 5.74) is 8.51. The van der Waals surface area contributed by atoms with E-state index in [0.29, 0.717) is 5.02 Å². The van der Waals surface area contributed by atoms with Crippen LogP contribution in [0.3, 0.4) is 0 Å². The Morgan fingerprint density at radius 3 is 2.50 bits per heavy atom. The van der Waals surface area contributed by atoms with E-state index in [1.165, 1.54) is 5.56 Å². The van der Waals surface area contributed by atoms with Crippen LogP contribution < -0.4 is 10.6 Å². The number of carbonyl (C=O) groups excluding carboxylic acids is 1. The van der Waals surface area contributed by atoms with Gasteiger partial charge in [0.1, 0.15) is 0 Å². The Hall–Kier alpha value is -1.88. The number of amides is 1. The second-order valence-corrected chi connectivity index (χ2v) is 7.64. The predicted octanol–water partition coefficient (Wildman–Crippen LogP) is 3.26. The van der Waals surface area contributed by atoms with Gasteiger partial charge in [-0.05, 0) is 30.5 Å². The van der Waals surface area contributed by atoms with Crippen LogP contribution in [0.5, 0.6) is 0 Å². The van der Waals surface area contributed by atoms with E-state index in [9.17, 15) is 4.79 Å². The highest BCUT2D eigenvalue weighted by Gasteiger charge is 2.40. The van der Waals surface area contributed by atoms with Gasteiger partial charge in [-0.15, -0.1) is 0 Å². The second-order valence-electron chi connectivity index (χ2n) is 7.23. The molecule has 3 atom stereocenters. The minimum atomic E-state index is -0.111. The molecule has 2 aliphatic heterocycles. The maximum absolute atomic E-state index is 13.2. The molecule has 0 bridgehead atoms. The van der Waals surface area contributed by atoms with Crippen LogP contribution in [0.2, 0.25) is 5.02 Å². The molecule has 4 rings (SSSR count). The maximum atomic E-state index is 13.2. The summed E-state index contributed by atoms with van der Waals surface area (Å²) in [6, 6.07) is 17.9. The molecule has 26 heavy (non-hydrogen) atoms. The van der Waals surface area contributed by atoms with Crippen molar-refractivity contribution < 1.29 is 4.79 Å². The van der Waals surface area contributed by atoms with Gasteiger partial charge in [-0.2, -0.15) is 0 Å². The largest absolute Gasteiger partial charge is 0.326 e. The summed E-state index contributed by atoms with van der Waals surface area (Å²) in [5, 5.41) is 0.627. The molecule has 136 valence electrons. The van der Waals surface area contributed by atoms with Crippen molar-refractivity contribution in [3.8, 4) is 0 Å². The molecule has 0 aliphatic carbocycles. The lowest BCUT2D eigenvalue weighted by Gasteiger charge is -2.37. The van der Waals surface area contributed by atoms with E-state index in [4.69, 9.17) is 17.3 Å². The number of carbonyl (C=O) groups is 1. The molecular weight excluding hydrogens is 346 g/mol. The molecule has 0 spiro atoms. The summed E-state index contributed by atoms with van der Waals surface area (Å²) in [6.07, 6.45) is 1.86. The van der Waals surface area contributed by atoms with Gasteiger partial charge in [-0.1, -0.05) is 54.1 Å². The summed E-state index contributed by atoms with van der Waals surface area (Å²) >= 11 is 6.33. The first-order valence-corrected chi connectivity index (χ1v) is 9.63. The highest BCUT2D eigenvalue weighted by molar-refractivity contribution is 6.33. The standard InChI is InChI=1S/C21H24ClN3O/c22-17-9-4-5-10-19(17)25-12-6-11-20(21(25)26)24-13-16(18(23)14-24)15-7-2-1-3-8-15/h1-5,7-10,16,18,20H,6,11-14,23H2/t16-,18+,20?/m0/s1. The van der Waals surface area contributed by atoms with Crippen molar-refractivity contribution in [3.05, 3.63) is 65.2 Å². The average molecular weight is 370 g/mol. The lowest BCUT2D eigenvalue weighted by atomic mass is 9.95. The number of hydrogen-bond donors (Lipinski definition) is 1.